The van der Waals surface area contributed by atoms with E-state index in [1.54, 1.807) is 0 Å². The van der Waals surface area contributed by atoms with E-state index in [0.29, 0.717) is 5.92 Å². The molecule has 1 saturated carbocycles. The van der Waals surface area contributed by atoms with E-state index < -0.39 is 0 Å². The molecular formula is C16H25NO2. The Bertz CT molecular complexity index is 377. The zero-order chi connectivity index (χ0) is 13.7. The van der Waals surface area contributed by atoms with Crippen molar-refractivity contribution in [3.8, 4) is 0 Å². The molecule has 1 aromatic rings. The van der Waals surface area contributed by atoms with Crippen molar-refractivity contribution in [2.75, 3.05) is 13.6 Å². The third kappa shape index (κ3) is 4.30. The molecule has 2 unspecified atom stereocenters. The van der Waals surface area contributed by atoms with Crippen molar-refractivity contribution in [3.63, 3.8) is 0 Å². The molecule has 3 heteroatoms. The van der Waals surface area contributed by atoms with Gasteiger partial charge in [0.1, 0.15) is 0 Å². The standard InChI is InChI=1S/C16H25NO2/c1-17(11-15-4-2-3-5-16(15)19)10-13-6-8-14(12-18)9-7-13/h6-9,15-16,18-19H,2-5,10-12H2,1H3. The number of rotatable bonds is 5. The number of aliphatic hydroxyl groups excluding tert-OH is 2. The zero-order valence-corrected chi connectivity index (χ0v) is 11.8. The van der Waals surface area contributed by atoms with Gasteiger partial charge in [-0.15, -0.1) is 0 Å². The molecule has 1 fully saturated rings. The lowest BCUT2D eigenvalue weighted by molar-refractivity contribution is 0.0502. The number of hydrogen-bond donors (Lipinski definition) is 2. The number of hydrogen-bond acceptors (Lipinski definition) is 3. The summed E-state index contributed by atoms with van der Waals surface area (Å²) in [4.78, 5) is 2.28. The maximum atomic E-state index is 10.00. The number of aliphatic hydroxyl groups is 2. The van der Waals surface area contributed by atoms with Crippen molar-refractivity contribution in [3.05, 3.63) is 35.4 Å². The molecule has 1 aliphatic rings. The SMILES string of the molecule is CN(Cc1ccc(CO)cc1)CC1CCCCC1O. The van der Waals surface area contributed by atoms with Crippen LogP contribution in [0.3, 0.4) is 0 Å². The van der Waals surface area contributed by atoms with E-state index in [1.807, 2.05) is 12.1 Å². The van der Waals surface area contributed by atoms with Crippen LogP contribution in [0.15, 0.2) is 24.3 Å². The monoisotopic (exact) mass is 263 g/mol. The Kier molecular flexibility index (Phi) is 5.37. The first kappa shape index (κ1) is 14.5. The lowest BCUT2D eigenvalue weighted by atomic mass is 9.86. The Hall–Kier alpha value is -0.900. The van der Waals surface area contributed by atoms with Crippen LogP contribution < -0.4 is 0 Å². The summed E-state index contributed by atoms with van der Waals surface area (Å²) in [5.74, 6) is 0.426. The molecule has 2 rings (SSSR count). The molecule has 0 amide bonds. The Labute approximate surface area is 115 Å². The molecule has 3 nitrogen and oxygen atoms in total. The minimum atomic E-state index is -0.118. The number of nitrogens with zero attached hydrogens (tertiary/aromatic N) is 1. The molecule has 0 saturated heterocycles. The molecular weight excluding hydrogens is 238 g/mol. The first-order valence-corrected chi connectivity index (χ1v) is 7.24. The second kappa shape index (κ2) is 7.04. The van der Waals surface area contributed by atoms with E-state index in [-0.39, 0.29) is 12.7 Å². The molecule has 0 radical (unpaired) electrons. The Morgan fingerprint density at radius 2 is 1.74 bits per heavy atom. The van der Waals surface area contributed by atoms with Crippen LogP contribution in [0.4, 0.5) is 0 Å². The largest absolute Gasteiger partial charge is 0.393 e. The summed E-state index contributed by atoms with van der Waals surface area (Å²) in [5, 5.41) is 19.0. The van der Waals surface area contributed by atoms with Gasteiger partial charge >= 0.3 is 0 Å². The first-order valence-electron chi connectivity index (χ1n) is 7.24. The van der Waals surface area contributed by atoms with Gasteiger partial charge in [0.2, 0.25) is 0 Å². The molecule has 0 bridgehead atoms. The minimum absolute atomic E-state index is 0.102. The highest BCUT2D eigenvalue weighted by Gasteiger charge is 2.23. The first-order chi connectivity index (χ1) is 9.19. The summed E-state index contributed by atoms with van der Waals surface area (Å²) in [7, 11) is 2.11. The van der Waals surface area contributed by atoms with Crippen molar-refractivity contribution in [1.29, 1.82) is 0 Å². The maximum Gasteiger partial charge on any atom is 0.0681 e. The lowest BCUT2D eigenvalue weighted by Gasteiger charge is -2.31. The van der Waals surface area contributed by atoms with Crippen molar-refractivity contribution in [2.45, 2.75) is 44.9 Å². The molecule has 0 heterocycles. The summed E-state index contributed by atoms with van der Waals surface area (Å²) in [6.07, 6.45) is 4.41. The predicted molar refractivity (Wildman–Crippen MR) is 76.7 cm³/mol. The third-order valence-electron chi connectivity index (χ3n) is 4.07. The topological polar surface area (TPSA) is 43.7 Å². The number of benzene rings is 1. The van der Waals surface area contributed by atoms with Crippen LogP contribution in [0.2, 0.25) is 0 Å². The third-order valence-corrected chi connectivity index (χ3v) is 4.07. The average molecular weight is 263 g/mol. The molecule has 0 aromatic heterocycles. The minimum Gasteiger partial charge on any atom is -0.393 e. The average Bonchev–Trinajstić information content (AvgIpc) is 2.42. The van der Waals surface area contributed by atoms with Gasteiger partial charge in [0, 0.05) is 13.1 Å². The van der Waals surface area contributed by atoms with Gasteiger partial charge in [-0.1, -0.05) is 37.1 Å². The van der Waals surface area contributed by atoms with Gasteiger partial charge < -0.3 is 15.1 Å². The molecule has 1 aromatic carbocycles. The zero-order valence-electron chi connectivity index (χ0n) is 11.8. The fourth-order valence-corrected chi connectivity index (χ4v) is 2.93. The quantitative estimate of drug-likeness (QED) is 0.855. The molecule has 1 aliphatic carbocycles. The highest BCUT2D eigenvalue weighted by atomic mass is 16.3. The molecule has 106 valence electrons. The van der Waals surface area contributed by atoms with Crippen LogP contribution in [0, 0.1) is 5.92 Å². The van der Waals surface area contributed by atoms with E-state index in [9.17, 15) is 5.11 Å². The van der Waals surface area contributed by atoms with Crippen LogP contribution in [0.25, 0.3) is 0 Å². The van der Waals surface area contributed by atoms with Crippen molar-refractivity contribution >= 4 is 0 Å². The molecule has 0 spiro atoms. The molecule has 19 heavy (non-hydrogen) atoms. The molecule has 2 atom stereocenters. The predicted octanol–water partition coefficient (Wildman–Crippen LogP) is 2.16. The van der Waals surface area contributed by atoms with Gasteiger partial charge in [-0.3, -0.25) is 0 Å². The second-order valence-corrected chi connectivity index (χ2v) is 5.78. The van der Waals surface area contributed by atoms with E-state index >= 15 is 0 Å². The van der Waals surface area contributed by atoms with E-state index in [0.717, 1.165) is 31.5 Å². The van der Waals surface area contributed by atoms with Crippen LogP contribution >= 0.6 is 0 Å². The lowest BCUT2D eigenvalue weighted by Crippen LogP contribution is -2.34. The van der Waals surface area contributed by atoms with E-state index in [4.69, 9.17) is 5.11 Å². The molecule has 0 aliphatic heterocycles. The van der Waals surface area contributed by atoms with Gasteiger partial charge in [0.25, 0.3) is 0 Å². The van der Waals surface area contributed by atoms with Crippen LogP contribution in [0.1, 0.15) is 36.8 Å². The van der Waals surface area contributed by atoms with E-state index in [1.165, 1.54) is 18.4 Å². The van der Waals surface area contributed by atoms with E-state index in [2.05, 4.69) is 24.1 Å². The van der Waals surface area contributed by atoms with Gasteiger partial charge in [-0.05, 0) is 36.9 Å². The Balaban J connectivity index is 1.84. The van der Waals surface area contributed by atoms with Crippen molar-refractivity contribution < 1.29 is 10.2 Å². The summed E-state index contributed by atoms with van der Waals surface area (Å²) in [6.45, 7) is 1.96. The Morgan fingerprint density at radius 1 is 1.11 bits per heavy atom. The van der Waals surface area contributed by atoms with Crippen LogP contribution in [-0.4, -0.2) is 34.8 Å². The van der Waals surface area contributed by atoms with Crippen molar-refractivity contribution in [1.82, 2.24) is 4.90 Å². The summed E-state index contributed by atoms with van der Waals surface area (Å²) in [6, 6.07) is 8.08. The summed E-state index contributed by atoms with van der Waals surface area (Å²) >= 11 is 0. The fraction of sp³-hybridized carbons (Fsp3) is 0.625. The van der Waals surface area contributed by atoms with Crippen LogP contribution in [0.5, 0.6) is 0 Å². The highest BCUT2D eigenvalue weighted by Crippen LogP contribution is 2.25. The van der Waals surface area contributed by atoms with Gasteiger partial charge in [0.15, 0.2) is 0 Å². The van der Waals surface area contributed by atoms with Crippen LogP contribution in [-0.2, 0) is 13.2 Å². The second-order valence-electron chi connectivity index (χ2n) is 5.78. The summed E-state index contributed by atoms with van der Waals surface area (Å²) in [5.41, 5.74) is 2.21. The Morgan fingerprint density at radius 3 is 2.37 bits per heavy atom. The fourth-order valence-electron chi connectivity index (χ4n) is 2.93. The summed E-state index contributed by atoms with van der Waals surface area (Å²) < 4.78 is 0. The smallest absolute Gasteiger partial charge is 0.0681 e. The van der Waals surface area contributed by atoms with Gasteiger partial charge in [-0.25, -0.2) is 0 Å². The normalized spacial score (nSPS) is 23.8. The highest BCUT2D eigenvalue weighted by molar-refractivity contribution is 5.21. The van der Waals surface area contributed by atoms with Gasteiger partial charge in [-0.2, -0.15) is 0 Å². The maximum absolute atomic E-state index is 10.00. The van der Waals surface area contributed by atoms with Crippen molar-refractivity contribution in [2.24, 2.45) is 5.92 Å². The molecule has 2 N–H and O–H groups in total. The van der Waals surface area contributed by atoms with Gasteiger partial charge in [0.05, 0.1) is 12.7 Å².